The lowest BCUT2D eigenvalue weighted by molar-refractivity contribution is 0.986. The van der Waals surface area contributed by atoms with E-state index in [1.807, 2.05) is 18.2 Å². The monoisotopic (exact) mass is 388 g/mol. The van der Waals surface area contributed by atoms with Gasteiger partial charge in [-0.05, 0) is 43.5 Å². The van der Waals surface area contributed by atoms with Gasteiger partial charge in [0.15, 0.2) is 0 Å². The van der Waals surface area contributed by atoms with Crippen molar-refractivity contribution in [3.8, 4) is 11.3 Å². The maximum Gasteiger partial charge on any atom is 0.273 e. The summed E-state index contributed by atoms with van der Waals surface area (Å²) in [5.41, 5.74) is 7.62. The SMILES string of the molecule is Cc1[nH]c(Cc2nccnc2-c2c[nH][nH]c2=O)c(C)c1CCNc1ccccc1. The number of aryl methyl sites for hydroxylation is 1. The Hall–Kier alpha value is -3.61. The largest absolute Gasteiger partial charge is 0.385 e. The summed E-state index contributed by atoms with van der Waals surface area (Å²) in [5, 5.41) is 8.75. The zero-order valence-electron chi connectivity index (χ0n) is 16.5. The second kappa shape index (κ2) is 8.18. The zero-order chi connectivity index (χ0) is 20.2. The minimum atomic E-state index is -0.196. The van der Waals surface area contributed by atoms with Crippen LogP contribution in [0.2, 0.25) is 0 Å². The Labute approximate surface area is 168 Å². The number of rotatable bonds is 7. The van der Waals surface area contributed by atoms with Crippen LogP contribution in [0, 0.1) is 13.8 Å². The van der Waals surface area contributed by atoms with Crippen LogP contribution in [-0.4, -0.2) is 31.7 Å². The van der Waals surface area contributed by atoms with E-state index in [1.165, 1.54) is 11.1 Å². The van der Waals surface area contributed by atoms with Crippen molar-refractivity contribution in [2.45, 2.75) is 26.7 Å². The molecule has 4 aromatic rings. The van der Waals surface area contributed by atoms with Crippen molar-refractivity contribution >= 4 is 5.69 Å². The van der Waals surface area contributed by atoms with Crippen LogP contribution in [0.5, 0.6) is 0 Å². The van der Waals surface area contributed by atoms with Gasteiger partial charge in [-0.3, -0.25) is 19.9 Å². The first kappa shape index (κ1) is 18.7. The number of nitrogens with zero attached hydrogens (tertiary/aromatic N) is 2. The molecule has 0 aliphatic rings. The van der Waals surface area contributed by atoms with Gasteiger partial charge in [0, 0.05) is 48.6 Å². The molecule has 3 heterocycles. The molecule has 0 aliphatic heterocycles. The van der Waals surface area contributed by atoms with Crippen LogP contribution in [0.4, 0.5) is 5.69 Å². The Morgan fingerprint density at radius 3 is 2.62 bits per heavy atom. The number of para-hydroxylation sites is 1. The molecule has 0 radical (unpaired) electrons. The summed E-state index contributed by atoms with van der Waals surface area (Å²) in [6, 6.07) is 10.2. The van der Waals surface area contributed by atoms with E-state index >= 15 is 0 Å². The van der Waals surface area contributed by atoms with E-state index < -0.39 is 0 Å². The number of anilines is 1. The third kappa shape index (κ3) is 3.99. The van der Waals surface area contributed by atoms with E-state index in [0.717, 1.165) is 35.7 Å². The van der Waals surface area contributed by atoms with Gasteiger partial charge in [-0.15, -0.1) is 0 Å². The molecule has 0 spiro atoms. The number of nitrogens with one attached hydrogen (secondary N) is 4. The van der Waals surface area contributed by atoms with Crippen LogP contribution < -0.4 is 10.9 Å². The van der Waals surface area contributed by atoms with Crippen LogP contribution in [0.15, 0.2) is 53.7 Å². The maximum atomic E-state index is 12.0. The molecular formula is C22H24N6O. The Bertz CT molecular complexity index is 1160. The summed E-state index contributed by atoms with van der Waals surface area (Å²) in [7, 11) is 0. The minimum absolute atomic E-state index is 0.196. The third-order valence-corrected chi connectivity index (χ3v) is 5.19. The van der Waals surface area contributed by atoms with E-state index in [2.05, 4.69) is 56.4 Å². The van der Waals surface area contributed by atoms with Gasteiger partial charge >= 0.3 is 0 Å². The van der Waals surface area contributed by atoms with Crippen molar-refractivity contribution < 1.29 is 0 Å². The van der Waals surface area contributed by atoms with E-state index in [-0.39, 0.29) is 5.56 Å². The summed E-state index contributed by atoms with van der Waals surface area (Å²) in [5.74, 6) is 0. The summed E-state index contributed by atoms with van der Waals surface area (Å²) in [6.07, 6.45) is 6.41. The number of hydrogen-bond acceptors (Lipinski definition) is 4. The fourth-order valence-corrected chi connectivity index (χ4v) is 3.67. The standard InChI is InChI=1S/C22H24N6O/c1-14-17(8-9-23-16-6-4-3-5-7-16)15(2)27-19(14)12-20-21(25-11-10-24-20)18-13-26-28-22(18)29/h3-7,10-11,13,23,27H,8-9,12H2,1-2H3,(H2,26,28,29). The molecule has 7 heteroatoms. The second-order valence-electron chi connectivity index (χ2n) is 7.06. The second-order valence-corrected chi connectivity index (χ2v) is 7.06. The fraction of sp³-hybridized carbons (Fsp3) is 0.227. The van der Waals surface area contributed by atoms with Gasteiger partial charge in [0.2, 0.25) is 0 Å². The molecule has 4 rings (SSSR count). The Morgan fingerprint density at radius 1 is 1.07 bits per heavy atom. The number of aromatic amines is 3. The minimum Gasteiger partial charge on any atom is -0.385 e. The normalized spacial score (nSPS) is 11.0. The Balaban J connectivity index is 1.53. The van der Waals surface area contributed by atoms with Crippen LogP contribution in [0.3, 0.4) is 0 Å². The summed E-state index contributed by atoms with van der Waals surface area (Å²) >= 11 is 0. The van der Waals surface area contributed by atoms with E-state index in [4.69, 9.17) is 0 Å². The molecule has 0 amide bonds. The molecule has 3 aromatic heterocycles. The highest BCUT2D eigenvalue weighted by molar-refractivity contribution is 5.60. The van der Waals surface area contributed by atoms with Gasteiger partial charge in [0.05, 0.1) is 17.0 Å². The molecule has 0 saturated heterocycles. The Morgan fingerprint density at radius 2 is 1.86 bits per heavy atom. The van der Waals surface area contributed by atoms with E-state index in [1.54, 1.807) is 18.6 Å². The predicted octanol–water partition coefficient (Wildman–Crippen LogP) is 3.35. The van der Waals surface area contributed by atoms with Crippen LogP contribution in [0.1, 0.15) is 28.2 Å². The van der Waals surface area contributed by atoms with Gasteiger partial charge in [-0.2, -0.15) is 0 Å². The van der Waals surface area contributed by atoms with Gasteiger partial charge in [0.1, 0.15) is 0 Å². The Kier molecular flexibility index (Phi) is 5.29. The first-order valence-corrected chi connectivity index (χ1v) is 9.65. The highest BCUT2D eigenvalue weighted by Gasteiger charge is 2.17. The van der Waals surface area contributed by atoms with Gasteiger partial charge < -0.3 is 15.4 Å². The molecule has 1 aromatic carbocycles. The lowest BCUT2D eigenvalue weighted by atomic mass is 10.0. The van der Waals surface area contributed by atoms with Crippen LogP contribution in [-0.2, 0) is 12.8 Å². The molecule has 0 bridgehead atoms. The summed E-state index contributed by atoms with van der Waals surface area (Å²) in [4.78, 5) is 24.4. The third-order valence-electron chi connectivity index (χ3n) is 5.19. The van der Waals surface area contributed by atoms with Gasteiger partial charge in [0.25, 0.3) is 5.56 Å². The first-order valence-electron chi connectivity index (χ1n) is 9.65. The summed E-state index contributed by atoms with van der Waals surface area (Å²) in [6.45, 7) is 5.09. The van der Waals surface area contributed by atoms with Crippen molar-refractivity contribution in [3.05, 3.63) is 87.5 Å². The number of H-pyrrole nitrogens is 3. The smallest absolute Gasteiger partial charge is 0.273 e. The lowest BCUT2D eigenvalue weighted by Gasteiger charge is -2.08. The van der Waals surface area contributed by atoms with Crippen molar-refractivity contribution in [3.63, 3.8) is 0 Å². The first-order chi connectivity index (χ1) is 14.1. The molecule has 0 unspecified atom stereocenters. The fourth-order valence-electron chi connectivity index (χ4n) is 3.67. The topological polar surface area (TPSA) is 102 Å². The van der Waals surface area contributed by atoms with Crippen LogP contribution >= 0.6 is 0 Å². The van der Waals surface area contributed by atoms with Crippen molar-refractivity contribution in [1.82, 2.24) is 25.1 Å². The van der Waals surface area contributed by atoms with E-state index in [9.17, 15) is 4.79 Å². The van der Waals surface area contributed by atoms with Gasteiger partial charge in [-0.1, -0.05) is 18.2 Å². The molecule has 148 valence electrons. The highest BCUT2D eigenvalue weighted by atomic mass is 16.1. The van der Waals surface area contributed by atoms with Crippen LogP contribution in [0.25, 0.3) is 11.3 Å². The lowest BCUT2D eigenvalue weighted by Crippen LogP contribution is -2.07. The molecular weight excluding hydrogens is 364 g/mol. The quantitative estimate of drug-likeness (QED) is 0.390. The molecule has 0 saturated carbocycles. The highest BCUT2D eigenvalue weighted by Crippen LogP contribution is 2.24. The molecule has 0 atom stereocenters. The average Bonchev–Trinajstić information content (AvgIpc) is 3.27. The number of hydrogen-bond donors (Lipinski definition) is 4. The van der Waals surface area contributed by atoms with Crippen molar-refractivity contribution in [1.29, 1.82) is 0 Å². The maximum absolute atomic E-state index is 12.0. The summed E-state index contributed by atoms with van der Waals surface area (Å²) < 4.78 is 0. The van der Waals surface area contributed by atoms with Gasteiger partial charge in [-0.25, -0.2) is 0 Å². The molecule has 7 nitrogen and oxygen atoms in total. The van der Waals surface area contributed by atoms with Crippen molar-refractivity contribution in [2.24, 2.45) is 0 Å². The van der Waals surface area contributed by atoms with E-state index in [0.29, 0.717) is 17.7 Å². The van der Waals surface area contributed by atoms with Crippen molar-refractivity contribution in [2.75, 3.05) is 11.9 Å². The molecule has 0 aliphatic carbocycles. The molecule has 29 heavy (non-hydrogen) atoms. The number of benzene rings is 1. The number of aromatic nitrogens is 5. The molecule has 0 fully saturated rings. The zero-order valence-corrected chi connectivity index (χ0v) is 16.5. The average molecular weight is 388 g/mol. The molecule has 4 N–H and O–H groups in total. The predicted molar refractivity (Wildman–Crippen MR) is 114 cm³/mol.